The van der Waals surface area contributed by atoms with Crippen LogP contribution in [0.4, 0.5) is 0 Å². The van der Waals surface area contributed by atoms with E-state index in [2.05, 4.69) is 15.4 Å². The van der Waals surface area contributed by atoms with Gasteiger partial charge < -0.3 is 19.5 Å². The molecule has 8 nitrogen and oxygen atoms in total. The van der Waals surface area contributed by atoms with Crippen molar-refractivity contribution in [2.24, 2.45) is 7.05 Å². The highest BCUT2D eigenvalue weighted by molar-refractivity contribution is 7.16. The van der Waals surface area contributed by atoms with E-state index >= 15 is 0 Å². The predicted molar refractivity (Wildman–Crippen MR) is 122 cm³/mol. The lowest BCUT2D eigenvalue weighted by Crippen LogP contribution is -2.23. The maximum atomic E-state index is 13.2. The molecular weight excluding hydrogens is 440 g/mol. The second-order valence-corrected chi connectivity index (χ2v) is 8.85. The minimum atomic E-state index is -0.112. The normalized spacial score (nSPS) is 13.4. The van der Waals surface area contributed by atoms with Crippen LogP contribution >= 0.6 is 11.3 Å². The number of aryl methyl sites for hydroxylation is 2. The molecule has 1 N–H and O–H groups in total. The molecule has 9 heteroatoms. The molecule has 1 aliphatic heterocycles. The quantitative estimate of drug-likeness (QED) is 0.483. The molecule has 1 amide bonds. The standard InChI is InChI=1S/C24H20N4O4S/c1-28-21-15(12-27-28)2-4-17-20(21)24(32-16-3-5-18-19(10-16)31-13-30-18)33-22(17)23(29)26-11-14-6-8-25-9-7-14/h3,5-10,12H,2,4,11,13H2,1H3,(H,26,29). The van der Waals surface area contributed by atoms with Gasteiger partial charge in [0, 0.05) is 32.1 Å². The number of carbonyl (C=O) groups is 1. The number of nitrogens with zero attached hydrogens (tertiary/aromatic N) is 3. The lowest BCUT2D eigenvalue weighted by atomic mass is 9.91. The number of nitrogens with one attached hydrogen (secondary N) is 1. The second-order valence-electron chi connectivity index (χ2n) is 7.87. The molecule has 4 heterocycles. The molecule has 33 heavy (non-hydrogen) atoms. The Morgan fingerprint density at radius 1 is 1.18 bits per heavy atom. The van der Waals surface area contributed by atoms with Crippen LogP contribution in [0.3, 0.4) is 0 Å². The van der Waals surface area contributed by atoms with Gasteiger partial charge in [-0.05, 0) is 53.8 Å². The van der Waals surface area contributed by atoms with E-state index in [0.717, 1.165) is 40.8 Å². The minimum absolute atomic E-state index is 0.112. The third kappa shape index (κ3) is 3.50. The van der Waals surface area contributed by atoms with E-state index in [1.807, 2.05) is 48.3 Å². The molecule has 0 fully saturated rings. The Labute approximate surface area is 193 Å². The van der Waals surface area contributed by atoms with Gasteiger partial charge in [0.2, 0.25) is 6.79 Å². The summed E-state index contributed by atoms with van der Waals surface area (Å²) in [5.41, 5.74) is 5.08. The van der Waals surface area contributed by atoms with Crippen LogP contribution in [0.15, 0.2) is 48.9 Å². The van der Waals surface area contributed by atoms with Gasteiger partial charge in [0.1, 0.15) is 5.75 Å². The third-order valence-corrected chi connectivity index (χ3v) is 6.94. The molecule has 2 aliphatic rings. The Balaban J connectivity index is 1.37. The van der Waals surface area contributed by atoms with Gasteiger partial charge in [-0.1, -0.05) is 11.3 Å². The molecule has 4 aromatic rings. The van der Waals surface area contributed by atoms with Gasteiger partial charge in [0.25, 0.3) is 5.91 Å². The minimum Gasteiger partial charge on any atom is -0.454 e. The topological polar surface area (TPSA) is 87.5 Å². The van der Waals surface area contributed by atoms with Crippen molar-refractivity contribution in [2.75, 3.05) is 6.79 Å². The zero-order valence-electron chi connectivity index (χ0n) is 17.8. The van der Waals surface area contributed by atoms with Gasteiger partial charge >= 0.3 is 0 Å². The fourth-order valence-electron chi connectivity index (χ4n) is 4.23. The largest absolute Gasteiger partial charge is 0.454 e. The SMILES string of the molecule is Cn1ncc2c1-c1c(Oc3ccc4c(c3)OCO4)sc(C(=O)NCc3ccncc3)c1CC2. The number of thiophene rings is 1. The van der Waals surface area contributed by atoms with Crippen molar-refractivity contribution in [1.29, 1.82) is 0 Å². The summed E-state index contributed by atoms with van der Waals surface area (Å²) in [5.74, 6) is 1.86. The highest BCUT2D eigenvalue weighted by Gasteiger charge is 2.31. The number of amides is 1. The number of benzene rings is 1. The van der Waals surface area contributed by atoms with Gasteiger partial charge in [-0.2, -0.15) is 5.10 Å². The van der Waals surface area contributed by atoms with Crippen LogP contribution in [0.5, 0.6) is 22.3 Å². The van der Waals surface area contributed by atoms with Gasteiger partial charge in [-0.25, -0.2) is 0 Å². The van der Waals surface area contributed by atoms with E-state index in [1.165, 1.54) is 11.3 Å². The first kappa shape index (κ1) is 19.8. The first-order valence-electron chi connectivity index (χ1n) is 10.6. The van der Waals surface area contributed by atoms with Crippen molar-refractivity contribution in [3.8, 4) is 33.6 Å². The molecule has 0 bridgehead atoms. The number of fused-ring (bicyclic) bond motifs is 4. The van der Waals surface area contributed by atoms with Crippen molar-refractivity contribution < 1.29 is 19.0 Å². The molecule has 166 valence electrons. The average molecular weight is 461 g/mol. The van der Waals surface area contributed by atoms with E-state index in [1.54, 1.807) is 12.4 Å². The summed E-state index contributed by atoms with van der Waals surface area (Å²) in [6, 6.07) is 9.26. The van der Waals surface area contributed by atoms with E-state index in [-0.39, 0.29) is 12.7 Å². The first-order chi connectivity index (χ1) is 16.2. The van der Waals surface area contributed by atoms with E-state index < -0.39 is 0 Å². The smallest absolute Gasteiger partial charge is 0.262 e. The first-order valence-corrected chi connectivity index (χ1v) is 11.4. The molecule has 0 saturated heterocycles. The summed E-state index contributed by atoms with van der Waals surface area (Å²) in [7, 11) is 1.92. The maximum Gasteiger partial charge on any atom is 0.262 e. The van der Waals surface area contributed by atoms with Crippen LogP contribution in [0.1, 0.15) is 26.4 Å². The number of hydrogen-bond donors (Lipinski definition) is 1. The fourth-order valence-corrected chi connectivity index (χ4v) is 5.37. The Morgan fingerprint density at radius 2 is 2.03 bits per heavy atom. The Hall–Kier alpha value is -3.85. The highest BCUT2D eigenvalue weighted by atomic mass is 32.1. The third-order valence-electron chi connectivity index (χ3n) is 5.83. The molecule has 3 aromatic heterocycles. The Bertz CT molecular complexity index is 1360. The molecule has 1 aliphatic carbocycles. The summed E-state index contributed by atoms with van der Waals surface area (Å²) in [4.78, 5) is 17.9. The number of aromatic nitrogens is 3. The molecule has 0 radical (unpaired) electrons. The lowest BCUT2D eigenvalue weighted by Gasteiger charge is -2.16. The highest BCUT2D eigenvalue weighted by Crippen LogP contribution is 2.49. The van der Waals surface area contributed by atoms with Crippen LogP contribution in [0.2, 0.25) is 0 Å². The van der Waals surface area contributed by atoms with Gasteiger partial charge in [0.05, 0.1) is 22.3 Å². The van der Waals surface area contributed by atoms with Gasteiger partial charge in [-0.15, -0.1) is 0 Å². The molecule has 1 aromatic carbocycles. The number of hydrogen-bond acceptors (Lipinski definition) is 7. The molecule has 0 atom stereocenters. The van der Waals surface area contributed by atoms with E-state index in [4.69, 9.17) is 14.2 Å². The van der Waals surface area contributed by atoms with Crippen LogP contribution in [-0.2, 0) is 26.4 Å². The average Bonchev–Trinajstić information content (AvgIpc) is 3.55. The van der Waals surface area contributed by atoms with Crippen LogP contribution in [-0.4, -0.2) is 27.5 Å². The monoisotopic (exact) mass is 460 g/mol. The maximum absolute atomic E-state index is 13.2. The number of carbonyl (C=O) groups excluding carboxylic acids is 1. The number of ether oxygens (including phenoxy) is 3. The van der Waals surface area contributed by atoms with Gasteiger partial charge in [-0.3, -0.25) is 14.5 Å². The van der Waals surface area contributed by atoms with Crippen molar-refractivity contribution in [2.45, 2.75) is 19.4 Å². The summed E-state index contributed by atoms with van der Waals surface area (Å²) >= 11 is 1.36. The Kier molecular flexibility index (Phi) is 4.76. The van der Waals surface area contributed by atoms with Crippen LogP contribution < -0.4 is 19.5 Å². The van der Waals surface area contributed by atoms with Crippen molar-refractivity contribution in [1.82, 2.24) is 20.1 Å². The molecule has 6 rings (SSSR count). The second kappa shape index (κ2) is 7.93. The van der Waals surface area contributed by atoms with Crippen LogP contribution in [0, 0.1) is 0 Å². The van der Waals surface area contributed by atoms with Crippen molar-refractivity contribution >= 4 is 17.2 Å². The zero-order valence-corrected chi connectivity index (χ0v) is 18.6. The summed E-state index contributed by atoms with van der Waals surface area (Å²) in [6.07, 6.45) is 6.92. The molecule has 0 unspecified atom stereocenters. The zero-order chi connectivity index (χ0) is 22.4. The van der Waals surface area contributed by atoms with E-state index in [0.29, 0.717) is 33.7 Å². The van der Waals surface area contributed by atoms with E-state index in [9.17, 15) is 4.79 Å². The van der Waals surface area contributed by atoms with Crippen LogP contribution in [0.25, 0.3) is 11.3 Å². The number of pyridine rings is 1. The Morgan fingerprint density at radius 3 is 2.91 bits per heavy atom. The van der Waals surface area contributed by atoms with Gasteiger partial charge in [0.15, 0.2) is 16.6 Å². The van der Waals surface area contributed by atoms with Crippen molar-refractivity contribution in [3.63, 3.8) is 0 Å². The molecule has 0 saturated carbocycles. The predicted octanol–water partition coefficient (Wildman–Crippen LogP) is 4.09. The lowest BCUT2D eigenvalue weighted by molar-refractivity contribution is 0.0954. The van der Waals surface area contributed by atoms with Crippen molar-refractivity contribution in [3.05, 3.63) is 70.5 Å². The summed E-state index contributed by atoms with van der Waals surface area (Å²) in [6.45, 7) is 0.636. The molecular formula is C24H20N4O4S. The fraction of sp³-hybridized carbons (Fsp3) is 0.208. The summed E-state index contributed by atoms with van der Waals surface area (Å²) in [5, 5.41) is 8.15. The number of rotatable bonds is 5. The molecule has 0 spiro atoms. The summed E-state index contributed by atoms with van der Waals surface area (Å²) < 4.78 is 19.1.